The van der Waals surface area contributed by atoms with Crippen LogP contribution in [0.4, 0.5) is 4.79 Å². The summed E-state index contributed by atoms with van der Waals surface area (Å²) in [6, 6.07) is 0.0552. The van der Waals surface area contributed by atoms with E-state index in [9.17, 15) is 9.59 Å². The normalized spacial score (nSPS) is 19.0. The van der Waals surface area contributed by atoms with Crippen LogP contribution in [-0.2, 0) is 9.53 Å². The minimum absolute atomic E-state index is 0.00931. The molecular formula is C15H27ClN2O3. The zero-order valence-electron chi connectivity index (χ0n) is 13.7. The molecule has 1 heterocycles. The number of carbonyl (C=O) groups is 2. The van der Waals surface area contributed by atoms with Crippen molar-refractivity contribution < 1.29 is 14.3 Å². The van der Waals surface area contributed by atoms with Crippen LogP contribution in [0.2, 0.25) is 0 Å². The highest BCUT2D eigenvalue weighted by Crippen LogP contribution is 2.21. The first-order valence-electron chi connectivity index (χ1n) is 7.50. The molecule has 1 rings (SSSR count). The Hall–Kier alpha value is -0.970. The lowest BCUT2D eigenvalue weighted by Gasteiger charge is -2.34. The zero-order chi connectivity index (χ0) is 16.2. The Labute approximate surface area is 132 Å². The molecule has 21 heavy (non-hydrogen) atoms. The molecule has 0 aromatic rings. The van der Waals surface area contributed by atoms with Crippen LogP contribution in [0.1, 0.15) is 47.5 Å². The van der Waals surface area contributed by atoms with Gasteiger partial charge in [-0.05, 0) is 47.5 Å². The van der Waals surface area contributed by atoms with Crippen LogP contribution in [0.5, 0.6) is 0 Å². The van der Waals surface area contributed by atoms with Gasteiger partial charge in [-0.2, -0.15) is 0 Å². The van der Waals surface area contributed by atoms with E-state index in [0.29, 0.717) is 6.54 Å². The molecule has 0 spiro atoms. The van der Waals surface area contributed by atoms with E-state index in [0.717, 1.165) is 19.4 Å². The Morgan fingerprint density at radius 3 is 2.48 bits per heavy atom. The van der Waals surface area contributed by atoms with E-state index in [1.54, 1.807) is 9.80 Å². The molecule has 0 saturated carbocycles. The van der Waals surface area contributed by atoms with Crippen molar-refractivity contribution >= 4 is 23.6 Å². The molecule has 1 fully saturated rings. The number of halogens is 1. The summed E-state index contributed by atoms with van der Waals surface area (Å²) >= 11 is 5.65. The van der Waals surface area contributed by atoms with Crippen LogP contribution in [0, 0.1) is 0 Å². The Balaban J connectivity index is 2.74. The topological polar surface area (TPSA) is 49.9 Å². The zero-order valence-corrected chi connectivity index (χ0v) is 14.4. The highest BCUT2D eigenvalue weighted by Gasteiger charge is 2.33. The molecule has 0 aromatic carbocycles. The summed E-state index contributed by atoms with van der Waals surface area (Å²) in [6.07, 6.45) is 1.52. The largest absolute Gasteiger partial charge is 0.444 e. The number of carbonyl (C=O) groups excluding carboxylic acids is 2. The third-order valence-corrected chi connectivity index (χ3v) is 3.70. The van der Waals surface area contributed by atoms with Gasteiger partial charge in [0.15, 0.2) is 0 Å². The molecular weight excluding hydrogens is 292 g/mol. The van der Waals surface area contributed by atoms with E-state index in [4.69, 9.17) is 16.3 Å². The molecule has 1 aliphatic heterocycles. The molecule has 0 unspecified atom stereocenters. The van der Waals surface area contributed by atoms with Crippen LogP contribution in [-0.4, -0.2) is 58.5 Å². The molecule has 0 radical (unpaired) electrons. The lowest BCUT2D eigenvalue weighted by Crippen LogP contribution is -2.49. The highest BCUT2D eigenvalue weighted by molar-refractivity contribution is 6.27. The average Bonchev–Trinajstić information content (AvgIpc) is 2.80. The Morgan fingerprint density at radius 1 is 1.38 bits per heavy atom. The molecule has 2 amide bonds. The second-order valence-electron chi connectivity index (χ2n) is 6.74. The minimum atomic E-state index is -0.522. The maximum absolute atomic E-state index is 12.3. The quantitative estimate of drug-likeness (QED) is 0.749. The molecule has 0 N–H and O–H groups in total. The number of amides is 2. The lowest BCUT2D eigenvalue weighted by molar-refractivity contribution is -0.129. The van der Waals surface area contributed by atoms with E-state index >= 15 is 0 Å². The van der Waals surface area contributed by atoms with Gasteiger partial charge >= 0.3 is 6.09 Å². The van der Waals surface area contributed by atoms with Crippen molar-refractivity contribution in [2.24, 2.45) is 0 Å². The number of ether oxygens (including phenoxy) is 1. The summed E-state index contributed by atoms with van der Waals surface area (Å²) in [5.41, 5.74) is -0.522. The maximum atomic E-state index is 12.3. The van der Waals surface area contributed by atoms with Crippen molar-refractivity contribution in [1.82, 2.24) is 9.80 Å². The standard InChI is InChI=1S/C15H27ClN2O3/c1-11(2)18(14(20)21-15(3,4)5)10-12-7-6-8-17(12)13(19)9-16/h11-12H,6-10H2,1-5H3/t12-/m0/s1. The van der Waals surface area contributed by atoms with Gasteiger partial charge in [0, 0.05) is 25.2 Å². The first-order chi connectivity index (χ1) is 9.65. The van der Waals surface area contributed by atoms with Crippen LogP contribution in [0.15, 0.2) is 0 Å². The number of likely N-dealkylation sites (tertiary alicyclic amines) is 1. The maximum Gasteiger partial charge on any atom is 0.410 e. The van der Waals surface area contributed by atoms with E-state index < -0.39 is 5.60 Å². The van der Waals surface area contributed by atoms with Crippen LogP contribution in [0.25, 0.3) is 0 Å². The van der Waals surface area contributed by atoms with E-state index in [-0.39, 0.29) is 30.0 Å². The molecule has 6 heteroatoms. The molecule has 0 aromatic heterocycles. The first-order valence-corrected chi connectivity index (χ1v) is 8.04. The second kappa shape index (κ2) is 7.34. The number of hydrogen-bond acceptors (Lipinski definition) is 3. The van der Waals surface area contributed by atoms with Crippen molar-refractivity contribution in [2.75, 3.05) is 19.0 Å². The fourth-order valence-electron chi connectivity index (χ4n) is 2.47. The third-order valence-electron chi connectivity index (χ3n) is 3.47. The van der Waals surface area contributed by atoms with Gasteiger partial charge in [0.25, 0.3) is 0 Å². The van der Waals surface area contributed by atoms with Crippen LogP contribution < -0.4 is 0 Å². The molecule has 0 bridgehead atoms. The van der Waals surface area contributed by atoms with Gasteiger partial charge < -0.3 is 14.5 Å². The van der Waals surface area contributed by atoms with Crippen molar-refractivity contribution in [3.05, 3.63) is 0 Å². The molecule has 1 aliphatic rings. The van der Waals surface area contributed by atoms with E-state index in [2.05, 4.69) is 0 Å². The van der Waals surface area contributed by atoms with Gasteiger partial charge in [0.1, 0.15) is 11.5 Å². The smallest absolute Gasteiger partial charge is 0.410 e. The van der Waals surface area contributed by atoms with Gasteiger partial charge in [-0.1, -0.05) is 0 Å². The Bertz CT molecular complexity index is 380. The summed E-state index contributed by atoms with van der Waals surface area (Å²) in [4.78, 5) is 27.6. The van der Waals surface area contributed by atoms with Crippen molar-refractivity contribution in [1.29, 1.82) is 0 Å². The first kappa shape index (κ1) is 18.1. The minimum Gasteiger partial charge on any atom is -0.444 e. The van der Waals surface area contributed by atoms with Crippen LogP contribution in [0.3, 0.4) is 0 Å². The second-order valence-corrected chi connectivity index (χ2v) is 7.01. The Kier molecular flexibility index (Phi) is 6.32. The predicted molar refractivity (Wildman–Crippen MR) is 83.5 cm³/mol. The van der Waals surface area contributed by atoms with Gasteiger partial charge in [-0.15, -0.1) is 11.6 Å². The third kappa shape index (κ3) is 5.38. The van der Waals surface area contributed by atoms with Crippen molar-refractivity contribution in [3.63, 3.8) is 0 Å². The summed E-state index contributed by atoms with van der Waals surface area (Å²) in [5.74, 6) is -0.0722. The average molecular weight is 319 g/mol. The van der Waals surface area contributed by atoms with E-state index in [1.807, 2.05) is 34.6 Å². The molecule has 1 atom stereocenters. The van der Waals surface area contributed by atoms with E-state index in [1.165, 1.54) is 0 Å². The SMILES string of the molecule is CC(C)N(C[C@@H]1CCCN1C(=O)CCl)C(=O)OC(C)(C)C. The van der Waals surface area contributed by atoms with Gasteiger partial charge in [0.2, 0.25) is 5.91 Å². The molecule has 0 aliphatic carbocycles. The van der Waals surface area contributed by atoms with Gasteiger partial charge in [-0.25, -0.2) is 4.79 Å². The van der Waals surface area contributed by atoms with Gasteiger partial charge in [0.05, 0.1) is 0 Å². The number of nitrogens with zero attached hydrogens (tertiary/aromatic N) is 2. The monoisotopic (exact) mass is 318 g/mol. The molecule has 1 saturated heterocycles. The van der Waals surface area contributed by atoms with Crippen molar-refractivity contribution in [3.8, 4) is 0 Å². The number of alkyl halides is 1. The highest BCUT2D eigenvalue weighted by atomic mass is 35.5. The summed E-state index contributed by atoms with van der Waals surface area (Å²) in [7, 11) is 0. The number of rotatable bonds is 4. The van der Waals surface area contributed by atoms with Gasteiger partial charge in [-0.3, -0.25) is 4.79 Å². The fraction of sp³-hybridized carbons (Fsp3) is 0.867. The van der Waals surface area contributed by atoms with Crippen LogP contribution >= 0.6 is 11.6 Å². The summed E-state index contributed by atoms with van der Waals surface area (Å²) in [6.45, 7) is 10.7. The molecule has 5 nitrogen and oxygen atoms in total. The predicted octanol–water partition coefficient (Wildman–Crippen LogP) is 2.86. The summed E-state index contributed by atoms with van der Waals surface area (Å²) < 4.78 is 5.45. The lowest BCUT2D eigenvalue weighted by atomic mass is 10.2. The van der Waals surface area contributed by atoms with Crippen molar-refractivity contribution in [2.45, 2.75) is 65.1 Å². The summed E-state index contributed by atoms with van der Waals surface area (Å²) in [5, 5.41) is 0. The molecule has 122 valence electrons. The Morgan fingerprint density at radius 2 is 2.00 bits per heavy atom. The number of hydrogen-bond donors (Lipinski definition) is 0. The fourth-order valence-corrected chi connectivity index (χ4v) is 2.63.